The molecule has 0 atom stereocenters. The van der Waals surface area contributed by atoms with Crippen molar-refractivity contribution >= 4 is 38.3 Å². The van der Waals surface area contributed by atoms with Crippen molar-refractivity contribution in [2.45, 2.75) is 0 Å². The Labute approximate surface area is 290 Å². The van der Waals surface area contributed by atoms with Crippen LogP contribution >= 0.6 is 0 Å². The number of hydrogen-bond acceptors (Lipinski definition) is 2. The molecule has 0 saturated carbocycles. The molecule has 0 fully saturated rings. The fourth-order valence-electron chi connectivity index (χ4n) is 6.92. The zero-order valence-electron chi connectivity index (χ0n) is 27.1. The van der Waals surface area contributed by atoms with E-state index in [4.69, 9.17) is 16.5 Å². The maximum absolute atomic E-state index is 7.23. The van der Waals surface area contributed by atoms with Gasteiger partial charge in [0.1, 0.15) is 0 Å². The first kappa shape index (κ1) is 29.3. The summed E-state index contributed by atoms with van der Waals surface area (Å²) < 4.78 is 0. The number of aromatic nitrogens is 2. The van der Waals surface area contributed by atoms with Crippen molar-refractivity contribution in [3.63, 3.8) is 0 Å². The van der Waals surface area contributed by atoms with Gasteiger partial charge in [-0.25, -0.2) is 14.8 Å². The zero-order chi connectivity index (χ0) is 33.4. The Bertz CT molecular complexity index is 2740. The number of benzene rings is 8. The Balaban J connectivity index is 1.09. The van der Waals surface area contributed by atoms with Gasteiger partial charge in [-0.1, -0.05) is 158 Å². The molecule has 1 heterocycles. The van der Waals surface area contributed by atoms with Crippen molar-refractivity contribution in [2.75, 3.05) is 0 Å². The first-order valence-corrected chi connectivity index (χ1v) is 16.7. The van der Waals surface area contributed by atoms with Crippen LogP contribution < -0.4 is 0 Å². The van der Waals surface area contributed by atoms with Crippen molar-refractivity contribution in [3.05, 3.63) is 187 Å². The monoisotopic (exact) mass is 635 g/mol. The SMILES string of the molecule is [C-]#[N+]c1ccc(-c2ccc(-c3ccc(-c4ccc(-c5nc6ccccc6nc5-c5ccc6ccccc6c5)cc4)c4ccccc34)cc2)cc1. The molecular formula is C47H29N3. The standard InChI is InChI=1S/C47H29N3/c1-48-39-26-24-33(25-27-39)32-14-17-34(18-15-32)40-28-29-41(43-11-5-4-10-42(40)43)35-19-21-36(22-20-35)46-47(50-45-13-7-6-12-44(45)49-46)38-23-16-31-8-2-3-9-37(31)30-38/h2-30H. The van der Waals surface area contributed by atoms with Gasteiger partial charge in [-0.15, -0.1) is 0 Å². The van der Waals surface area contributed by atoms with Crippen molar-refractivity contribution < 1.29 is 0 Å². The average molecular weight is 636 g/mol. The Morgan fingerprint density at radius 2 is 0.800 bits per heavy atom. The first-order chi connectivity index (χ1) is 24.7. The van der Waals surface area contributed by atoms with Crippen molar-refractivity contribution in [1.29, 1.82) is 0 Å². The van der Waals surface area contributed by atoms with Gasteiger partial charge in [0.25, 0.3) is 0 Å². The molecule has 232 valence electrons. The summed E-state index contributed by atoms with van der Waals surface area (Å²) in [7, 11) is 0. The van der Waals surface area contributed by atoms with Crippen molar-refractivity contribution in [3.8, 4) is 55.9 Å². The van der Waals surface area contributed by atoms with E-state index in [1.807, 2.05) is 48.5 Å². The van der Waals surface area contributed by atoms with Gasteiger partial charge in [0.05, 0.1) is 29.0 Å². The molecule has 0 aliphatic heterocycles. The molecule has 0 aliphatic rings. The van der Waals surface area contributed by atoms with Gasteiger partial charge >= 0.3 is 0 Å². The lowest BCUT2D eigenvalue weighted by molar-refractivity contribution is 1.29. The van der Waals surface area contributed by atoms with E-state index in [-0.39, 0.29) is 0 Å². The minimum absolute atomic E-state index is 0.652. The second kappa shape index (κ2) is 12.3. The van der Waals surface area contributed by atoms with Crippen LogP contribution in [0.5, 0.6) is 0 Å². The third-order valence-corrected chi connectivity index (χ3v) is 9.51. The maximum Gasteiger partial charge on any atom is 0.187 e. The lowest BCUT2D eigenvalue weighted by atomic mass is 9.91. The van der Waals surface area contributed by atoms with Gasteiger partial charge in [-0.3, -0.25) is 0 Å². The predicted molar refractivity (Wildman–Crippen MR) is 208 cm³/mol. The van der Waals surface area contributed by atoms with Crippen LogP contribution in [0.2, 0.25) is 0 Å². The van der Waals surface area contributed by atoms with Crippen LogP contribution in [0.4, 0.5) is 5.69 Å². The molecule has 0 radical (unpaired) electrons. The highest BCUT2D eigenvalue weighted by Crippen LogP contribution is 2.38. The summed E-state index contributed by atoms with van der Waals surface area (Å²) in [5, 5.41) is 4.80. The third-order valence-electron chi connectivity index (χ3n) is 9.51. The topological polar surface area (TPSA) is 30.1 Å². The predicted octanol–water partition coefficient (Wildman–Crippen LogP) is 12.8. The van der Waals surface area contributed by atoms with E-state index in [1.165, 1.54) is 38.2 Å². The largest absolute Gasteiger partial charge is 0.244 e. The fraction of sp³-hybridized carbons (Fsp3) is 0. The molecule has 0 spiro atoms. The highest BCUT2D eigenvalue weighted by molar-refractivity contribution is 6.05. The van der Waals surface area contributed by atoms with Gasteiger partial charge in [0.2, 0.25) is 0 Å². The summed E-state index contributed by atoms with van der Waals surface area (Å²) >= 11 is 0. The maximum atomic E-state index is 7.23. The van der Waals surface area contributed by atoms with Crippen LogP contribution in [0.15, 0.2) is 176 Å². The van der Waals surface area contributed by atoms with Gasteiger partial charge < -0.3 is 0 Å². The Kier molecular flexibility index (Phi) is 7.19. The van der Waals surface area contributed by atoms with Crippen LogP contribution in [0.25, 0.3) is 93.3 Å². The van der Waals surface area contributed by atoms with E-state index in [2.05, 4.69) is 132 Å². The van der Waals surface area contributed by atoms with Crippen molar-refractivity contribution in [2.24, 2.45) is 0 Å². The smallest absolute Gasteiger partial charge is 0.187 e. The minimum atomic E-state index is 0.652. The Hall–Kier alpha value is -6.89. The van der Waals surface area contributed by atoms with Crippen LogP contribution in [0, 0.1) is 6.57 Å². The molecule has 9 rings (SSSR count). The second-order valence-electron chi connectivity index (χ2n) is 12.5. The molecule has 9 aromatic rings. The summed E-state index contributed by atoms with van der Waals surface area (Å²) in [6.45, 7) is 7.23. The lowest BCUT2D eigenvalue weighted by Crippen LogP contribution is -1.95. The molecule has 0 unspecified atom stereocenters. The Morgan fingerprint density at radius 3 is 1.38 bits per heavy atom. The van der Waals surface area contributed by atoms with Gasteiger partial charge in [0.15, 0.2) is 5.69 Å². The molecular weight excluding hydrogens is 607 g/mol. The Morgan fingerprint density at radius 1 is 0.360 bits per heavy atom. The van der Waals surface area contributed by atoms with Crippen LogP contribution in [0.1, 0.15) is 0 Å². The highest BCUT2D eigenvalue weighted by atomic mass is 14.8. The molecule has 3 heteroatoms. The fourth-order valence-corrected chi connectivity index (χ4v) is 6.92. The molecule has 3 nitrogen and oxygen atoms in total. The first-order valence-electron chi connectivity index (χ1n) is 16.7. The van der Waals surface area contributed by atoms with Crippen LogP contribution in [-0.2, 0) is 0 Å². The molecule has 50 heavy (non-hydrogen) atoms. The van der Waals surface area contributed by atoms with E-state index in [0.29, 0.717) is 5.69 Å². The normalized spacial score (nSPS) is 11.2. The lowest BCUT2D eigenvalue weighted by Gasteiger charge is -2.14. The second-order valence-corrected chi connectivity index (χ2v) is 12.5. The molecule has 0 saturated heterocycles. The molecule has 1 aromatic heterocycles. The van der Waals surface area contributed by atoms with Gasteiger partial charge in [-0.05, 0) is 73.1 Å². The minimum Gasteiger partial charge on any atom is -0.244 e. The molecule has 8 aromatic carbocycles. The summed E-state index contributed by atoms with van der Waals surface area (Å²) in [5.41, 5.74) is 13.2. The van der Waals surface area contributed by atoms with E-state index >= 15 is 0 Å². The van der Waals surface area contributed by atoms with Crippen LogP contribution in [0.3, 0.4) is 0 Å². The van der Waals surface area contributed by atoms with Crippen molar-refractivity contribution in [1.82, 2.24) is 9.97 Å². The molecule has 0 aliphatic carbocycles. The summed E-state index contributed by atoms with van der Waals surface area (Å²) in [5.74, 6) is 0. The number of hydrogen-bond donors (Lipinski definition) is 0. The quantitative estimate of drug-likeness (QED) is 0.176. The molecule has 0 bridgehead atoms. The average Bonchev–Trinajstić information content (AvgIpc) is 3.20. The number of nitrogens with zero attached hydrogens (tertiary/aromatic N) is 3. The summed E-state index contributed by atoms with van der Waals surface area (Å²) in [4.78, 5) is 13.8. The number of rotatable bonds is 5. The molecule has 0 N–H and O–H groups in total. The third kappa shape index (κ3) is 5.26. The van der Waals surface area contributed by atoms with E-state index in [9.17, 15) is 0 Å². The van der Waals surface area contributed by atoms with Gasteiger partial charge in [-0.2, -0.15) is 0 Å². The van der Waals surface area contributed by atoms with Crippen LogP contribution in [-0.4, -0.2) is 9.97 Å². The zero-order valence-corrected chi connectivity index (χ0v) is 27.1. The summed E-state index contributed by atoms with van der Waals surface area (Å²) in [6.07, 6.45) is 0. The number of fused-ring (bicyclic) bond motifs is 3. The highest BCUT2D eigenvalue weighted by Gasteiger charge is 2.15. The van der Waals surface area contributed by atoms with E-state index < -0.39 is 0 Å². The van der Waals surface area contributed by atoms with E-state index in [0.717, 1.165) is 50.2 Å². The summed E-state index contributed by atoms with van der Waals surface area (Å²) in [6, 6.07) is 61.3. The number of para-hydroxylation sites is 2. The van der Waals surface area contributed by atoms with Gasteiger partial charge in [0, 0.05) is 11.1 Å². The molecule has 0 amide bonds. The van der Waals surface area contributed by atoms with E-state index in [1.54, 1.807) is 0 Å².